The number of halogens is 1. The first-order chi connectivity index (χ1) is 13.7. The first-order valence-corrected chi connectivity index (χ1v) is 11.0. The Morgan fingerprint density at radius 1 is 0.821 bits per heavy atom. The van der Waals surface area contributed by atoms with Gasteiger partial charge in [0.2, 0.25) is 0 Å². The SMILES string of the molecule is CCCCCCCCCCc1ccc(NCCC(O)c2ccc(F)cc2)cc1. The quantitative estimate of drug-likeness (QED) is 0.342. The highest BCUT2D eigenvalue weighted by Crippen LogP contribution is 2.18. The van der Waals surface area contributed by atoms with Crippen LogP contribution in [0.5, 0.6) is 0 Å². The van der Waals surface area contributed by atoms with Crippen molar-refractivity contribution in [2.75, 3.05) is 11.9 Å². The van der Waals surface area contributed by atoms with E-state index in [1.165, 1.54) is 69.1 Å². The number of hydrogen-bond acceptors (Lipinski definition) is 2. The predicted octanol–water partition coefficient (Wildman–Crippen LogP) is 7.04. The fraction of sp³-hybridized carbons (Fsp3) is 0.520. The first-order valence-electron chi connectivity index (χ1n) is 11.0. The predicted molar refractivity (Wildman–Crippen MR) is 117 cm³/mol. The Morgan fingerprint density at radius 2 is 1.43 bits per heavy atom. The Labute approximate surface area is 170 Å². The number of nitrogens with one attached hydrogen (secondary N) is 1. The smallest absolute Gasteiger partial charge is 0.123 e. The first kappa shape index (κ1) is 22.4. The van der Waals surface area contributed by atoms with E-state index in [4.69, 9.17) is 0 Å². The number of aryl methyl sites for hydroxylation is 1. The summed E-state index contributed by atoms with van der Waals surface area (Å²) in [5, 5.41) is 13.5. The summed E-state index contributed by atoms with van der Waals surface area (Å²) in [4.78, 5) is 0. The molecule has 2 aromatic carbocycles. The van der Waals surface area contributed by atoms with Crippen molar-refractivity contribution in [3.63, 3.8) is 0 Å². The molecule has 2 aromatic rings. The van der Waals surface area contributed by atoms with Crippen LogP contribution >= 0.6 is 0 Å². The third-order valence-electron chi connectivity index (χ3n) is 5.27. The molecule has 0 amide bonds. The van der Waals surface area contributed by atoms with Crippen LogP contribution in [0, 0.1) is 5.82 Å². The van der Waals surface area contributed by atoms with Gasteiger partial charge in [-0.3, -0.25) is 0 Å². The maximum Gasteiger partial charge on any atom is 0.123 e. The zero-order valence-corrected chi connectivity index (χ0v) is 17.3. The van der Waals surface area contributed by atoms with Crippen LogP contribution in [0.25, 0.3) is 0 Å². The third-order valence-corrected chi connectivity index (χ3v) is 5.27. The summed E-state index contributed by atoms with van der Waals surface area (Å²) < 4.78 is 12.9. The van der Waals surface area contributed by atoms with Gasteiger partial charge in [0.15, 0.2) is 0 Å². The molecule has 0 aromatic heterocycles. The molecule has 0 aliphatic heterocycles. The van der Waals surface area contributed by atoms with Gasteiger partial charge in [-0.15, -0.1) is 0 Å². The summed E-state index contributed by atoms with van der Waals surface area (Å²) in [6.45, 7) is 2.94. The van der Waals surface area contributed by atoms with E-state index in [9.17, 15) is 9.50 Å². The van der Waals surface area contributed by atoms with Crippen molar-refractivity contribution in [2.45, 2.75) is 77.2 Å². The van der Waals surface area contributed by atoms with E-state index >= 15 is 0 Å². The van der Waals surface area contributed by atoms with Crippen molar-refractivity contribution in [2.24, 2.45) is 0 Å². The highest BCUT2D eigenvalue weighted by molar-refractivity contribution is 5.44. The molecule has 2 N–H and O–H groups in total. The molecule has 1 unspecified atom stereocenters. The maximum absolute atomic E-state index is 12.9. The van der Waals surface area contributed by atoms with Crippen LogP contribution in [0.15, 0.2) is 48.5 Å². The van der Waals surface area contributed by atoms with Gasteiger partial charge in [-0.2, -0.15) is 0 Å². The Bertz CT molecular complexity index is 639. The van der Waals surface area contributed by atoms with Crippen LogP contribution in [0.4, 0.5) is 10.1 Å². The number of aliphatic hydroxyl groups excluding tert-OH is 1. The molecule has 28 heavy (non-hydrogen) atoms. The molecular weight excluding hydrogens is 349 g/mol. The summed E-state index contributed by atoms with van der Waals surface area (Å²) in [6, 6.07) is 14.7. The van der Waals surface area contributed by atoms with Gasteiger partial charge in [0.05, 0.1) is 6.10 Å². The normalized spacial score (nSPS) is 12.1. The number of aliphatic hydroxyl groups is 1. The molecular formula is C25H36FNO. The molecule has 0 bridgehead atoms. The van der Waals surface area contributed by atoms with Gasteiger partial charge in [0, 0.05) is 12.2 Å². The van der Waals surface area contributed by atoms with E-state index in [0.29, 0.717) is 13.0 Å². The molecule has 0 saturated heterocycles. The van der Waals surface area contributed by atoms with Gasteiger partial charge < -0.3 is 10.4 Å². The maximum atomic E-state index is 12.9. The van der Waals surface area contributed by atoms with E-state index in [2.05, 4.69) is 36.5 Å². The summed E-state index contributed by atoms with van der Waals surface area (Å²) in [7, 11) is 0. The lowest BCUT2D eigenvalue weighted by molar-refractivity contribution is 0.171. The van der Waals surface area contributed by atoms with Crippen molar-refractivity contribution in [3.05, 3.63) is 65.5 Å². The second-order valence-corrected chi connectivity index (χ2v) is 7.70. The summed E-state index contributed by atoms with van der Waals surface area (Å²) in [5.41, 5.74) is 3.22. The van der Waals surface area contributed by atoms with E-state index in [1.807, 2.05) is 0 Å². The standard InChI is InChI=1S/C25H36FNO/c1-2-3-4-5-6-7-8-9-10-21-11-17-24(18-12-21)27-20-19-25(28)22-13-15-23(26)16-14-22/h11-18,25,27-28H,2-10,19-20H2,1H3. The summed E-state index contributed by atoms with van der Waals surface area (Å²) in [5.74, 6) is -0.277. The minimum atomic E-state index is -0.575. The zero-order valence-electron chi connectivity index (χ0n) is 17.3. The molecule has 0 radical (unpaired) electrons. The second kappa shape index (κ2) is 13.3. The Kier molecular flexibility index (Phi) is 10.7. The number of anilines is 1. The average Bonchev–Trinajstić information content (AvgIpc) is 2.71. The van der Waals surface area contributed by atoms with Crippen LogP contribution in [-0.4, -0.2) is 11.7 Å². The van der Waals surface area contributed by atoms with Crippen molar-refractivity contribution in [1.82, 2.24) is 0 Å². The minimum absolute atomic E-state index is 0.277. The van der Waals surface area contributed by atoms with E-state index < -0.39 is 6.10 Å². The van der Waals surface area contributed by atoms with E-state index in [-0.39, 0.29) is 5.82 Å². The zero-order chi connectivity index (χ0) is 20.0. The van der Waals surface area contributed by atoms with Crippen LogP contribution in [-0.2, 0) is 6.42 Å². The lowest BCUT2D eigenvalue weighted by atomic mass is 10.0. The van der Waals surface area contributed by atoms with Crippen molar-refractivity contribution in [1.29, 1.82) is 0 Å². The molecule has 0 heterocycles. The highest BCUT2D eigenvalue weighted by Gasteiger charge is 2.07. The largest absolute Gasteiger partial charge is 0.388 e. The number of benzene rings is 2. The molecule has 154 valence electrons. The number of unbranched alkanes of at least 4 members (excludes halogenated alkanes) is 7. The molecule has 0 saturated carbocycles. The van der Waals surface area contributed by atoms with Crippen LogP contribution in [0.1, 0.15) is 81.9 Å². The Balaban J connectivity index is 1.58. The van der Waals surface area contributed by atoms with Crippen molar-refractivity contribution in [3.8, 4) is 0 Å². The molecule has 0 spiro atoms. The average molecular weight is 386 g/mol. The van der Waals surface area contributed by atoms with Crippen molar-refractivity contribution < 1.29 is 9.50 Å². The van der Waals surface area contributed by atoms with Gasteiger partial charge in [-0.05, 0) is 54.7 Å². The molecule has 2 rings (SSSR count). The molecule has 2 nitrogen and oxygen atoms in total. The van der Waals surface area contributed by atoms with Crippen LogP contribution in [0.3, 0.4) is 0 Å². The van der Waals surface area contributed by atoms with Crippen LogP contribution < -0.4 is 5.32 Å². The molecule has 0 aliphatic carbocycles. The monoisotopic (exact) mass is 385 g/mol. The topological polar surface area (TPSA) is 32.3 Å². The van der Waals surface area contributed by atoms with E-state index in [1.54, 1.807) is 12.1 Å². The van der Waals surface area contributed by atoms with Gasteiger partial charge >= 0.3 is 0 Å². The van der Waals surface area contributed by atoms with Crippen LogP contribution in [0.2, 0.25) is 0 Å². The van der Waals surface area contributed by atoms with E-state index in [0.717, 1.165) is 17.7 Å². The van der Waals surface area contributed by atoms with Gasteiger partial charge in [-0.25, -0.2) is 4.39 Å². The van der Waals surface area contributed by atoms with Gasteiger partial charge in [0.25, 0.3) is 0 Å². The molecule has 1 atom stereocenters. The fourth-order valence-corrected chi connectivity index (χ4v) is 3.46. The Morgan fingerprint density at radius 3 is 2.07 bits per heavy atom. The molecule has 0 fully saturated rings. The summed E-state index contributed by atoms with van der Waals surface area (Å²) in [6.07, 6.45) is 12.0. The lowest BCUT2D eigenvalue weighted by Gasteiger charge is -2.12. The van der Waals surface area contributed by atoms with Gasteiger partial charge in [0.1, 0.15) is 5.82 Å². The third kappa shape index (κ3) is 8.88. The van der Waals surface area contributed by atoms with Gasteiger partial charge in [-0.1, -0.05) is 76.1 Å². The minimum Gasteiger partial charge on any atom is -0.388 e. The number of hydrogen-bond donors (Lipinski definition) is 2. The van der Waals surface area contributed by atoms with Crippen molar-refractivity contribution >= 4 is 5.69 Å². The molecule has 3 heteroatoms. The summed E-state index contributed by atoms with van der Waals surface area (Å²) >= 11 is 0. The molecule has 0 aliphatic rings. The Hall–Kier alpha value is -1.87. The second-order valence-electron chi connectivity index (χ2n) is 7.70. The number of rotatable bonds is 14. The fourth-order valence-electron chi connectivity index (χ4n) is 3.46. The lowest BCUT2D eigenvalue weighted by Crippen LogP contribution is -2.07. The highest BCUT2D eigenvalue weighted by atomic mass is 19.1.